The van der Waals surface area contributed by atoms with E-state index in [0.29, 0.717) is 52.4 Å². The fraction of sp³-hybridized carbons (Fsp3) is 0.487. The number of epoxide rings is 7. The Morgan fingerprint density at radius 1 is 0.250 bits per heavy atom. The average Bonchev–Trinajstić information content (AvgIpc) is 2.11. The van der Waals surface area contributed by atoms with Gasteiger partial charge in [0.15, 0.2) is 0 Å². The highest BCUT2D eigenvalue weighted by atomic mass is 16.6. The smallest absolute Gasteiger partial charge is 0.127 e. The molecule has 0 spiro atoms. The van der Waals surface area contributed by atoms with Gasteiger partial charge < -0.3 is 66.3 Å². The number of hydrogen-bond donors (Lipinski definition) is 0. The molecule has 15 rings (SSSR count). The van der Waals surface area contributed by atoms with Crippen molar-refractivity contribution in [2.45, 2.75) is 160 Å². The van der Waals surface area contributed by atoms with E-state index < -0.39 is 0 Å². The zero-order chi connectivity index (χ0) is 67.0. The molecule has 7 aliphatic rings. The molecular weight excluding hydrogens is 1160 g/mol. The van der Waals surface area contributed by atoms with Crippen LogP contribution in [-0.2, 0) is 33.2 Å². The molecule has 0 aromatic heterocycles. The Bertz CT molecular complexity index is 3150. The van der Waals surface area contributed by atoms with Gasteiger partial charge in [0.05, 0.1) is 46.2 Å². The molecule has 0 bridgehead atoms. The maximum absolute atomic E-state index is 5.86. The zero-order valence-corrected chi connectivity index (χ0v) is 58.5. The van der Waals surface area contributed by atoms with Crippen molar-refractivity contribution in [3.8, 4) is 40.2 Å². The van der Waals surface area contributed by atoms with E-state index in [9.17, 15) is 0 Å². The highest BCUT2D eigenvalue weighted by Gasteiger charge is 2.28. The first-order valence-electron chi connectivity index (χ1n) is 34.3. The molecule has 7 aliphatic heterocycles. The van der Waals surface area contributed by atoms with Crippen molar-refractivity contribution >= 4 is 43.1 Å². The van der Waals surface area contributed by atoms with E-state index in [2.05, 4.69) is 67.6 Å². The van der Waals surface area contributed by atoms with Crippen LogP contribution in [0.5, 0.6) is 40.2 Å². The second-order valence-electron chi connectivity index (χ2n) is 19.8. The third kappa shape index (κ3) is 28.5. The summed E-state index contributed by atoms with van der Waals surface area (Å²) in [6.07, 6.45) is 1.95. The van der Waals surface area contributed by atoms with Crippen LogP contribution in [0.2, 0.25) is 0 Å². The first-order valence-corrected chi connectivity index (χ1v) is 34.3. The number of hydrogen-bond acceptors (Lipinski definition) is 14. The average molecular weight is 1270 g/mol. The maximum atomic E-state index is 5.86. The van der Waals surface area contributed by atoms with Gasteiger partial charge in [-0.05, 0) is 124 Å². The molecule has 0 amide bonds. The van der Waals surface area contributed by atoms with Crippen LogP contribution in [0.3, 0.4) is 0 Å². The van der Waals surface area contributed by atoms with Crippen LogP contribution in [0.1, 0.15) is 116 Å². The van der Waals surface area contributed by atoms with Crippen LogP contribution in [0.25, 0.3) is 43.1 Å². The van der Waals surface area contributed by atoms with Crippen LogP contribution in [0, 0.1) is 6.92 Å². The molecule has 0 N–H and O–H groups in total. The highest BCUT2D eigenvalue weighted by molar-refractivity contribution is 5.91. The number of benzene rings is 8. The summed E-state index contributed by atoms with van der Waals surface area (Å²) in [6.45, 7) is 44.2. The van der Waals surface area contributed by atoms with E-state index in [0.717, 1.165) is 119 Å². The lowest BCUT2D eigenvalue weighted by Gasteiger charge is -2.12. The van der Waals surface area contributed by atoms with E-state index in [1.54, 1.807) is 0 Å². The fourth-order valence-electron chi connectivity index (χ4n) is 8.21. The first-order chi connectivity index (χ1) is 45.5. The highest BCUT2D eigenvalue weighted by Crippen LogP contribution is 2.34. The Labute approximate surface area is 551 Å². The maximum Gasteiger partial charge on any atom is 0.127 e. The minimum absolute atomic E-state index is 0.266. The normalized spacial score (nSPS) is 19.2. The molecule has 0 saturated carbocycles. The van der Waals surface area contributed by atoms with Crippen molar-refractivity contribution in [3.05, 3.63) is 151 Å². The Hall–Kier alpha value is -6.88. The van der Waals surface area contributed by atoms with Crippen molar-refractivity contribution in [2.24, 2.45) is 0 Å². The predicted octanol–water partition coefficient (Wildman–Crippen LogP) is 18.3. The Morgan fingerprint density at radius 3 is 0.891 bits per heavy atom. The Balaban J connectivity index is 0.000000244. The molecule has 14 nitrogen and oxygen atoms in total. The van der Waals surface area contributed by atoms with E-state index in [4.69, 9.17) is 66.3 Å². The van der Waals surface area contributed by atoms with Crippen molar-refractivity contribution < 1.29 is 66.3 Å². The molecule has 8 aromatic rings. The summed E-state index contributed by atoms with van der Waals surface area (Å²) in [4.78, 5) is 0. The summed E-state index contributed by atoms with van der Waals surface area (Å²) in [7, 11) is 0. The van der Waals surface area contributed by atoms with Crippen LogP contribution in [-0.4, -0.2) is 135 Å². The lowest BCUT2D eigenvalue weighted by Crippen LogP contribution is -2.06. The number of ether oxygens (including phenoxy) is 14. The quantitative estimate of drug-likeness (QED) is 0.0627. The Morgan fingerprint density at radius 2 is 0.522 bits per heavy atom. The molecule has 7 unspecified atom stereocenters. The van der Waals surface area contributed by atoms with Gasteiger partial charge in [0.1, 0.15) is 129 Å². The standard InChI is InChI=1S/C17H18O4.2C16H16O4.C13H12O2.8C2H6/c1-11-5-15-12(6-17(11)21-10-14-8-19-14)3-2-4-16(15)20-9-13-7-18-13;1-3-13(17-7-15-9-19-15)5-12-6-14(4-2-11(1)12)18-8-16-10-20-16;1-2-11-6-12(17-7-13-8-18-13)4-5-15(11)16(3-1)20-10-14-9-19-14;1-2-4-11-7-12(6-5-10(11)3-1)14-8-13-9-15-13;8*1-2/h2-6,13-14H,7-10H2,1H3;1-6,15-16H,7-10H2;1-6,13-14H,7-10H2;1-7,13H,8-9H2;8*1-2H3. The van der Waals surface area contributed by atoms with E-state index >= 15 is 0 Å². The topological polar surface area (TPSA) is 152 Å². The molecule has 14 heteroatoms. The second kappa shape index (κ2) is 44.6. The molecule has 7 fully saturated rings. The molecule has 7 atom stereocenters. The van der Waals surface area contributed by atoms with E-state index in [-0.39, 0.29) is 36.6 Å². The third-order valence-corrected chi connectivity index (χ3v) is 13.3. The monoisotopic (exact) mass is 1270 g/mol. The summed E-state index contributed by atoms with van der Waals surface area (Å²) in [5, 5.41) is 9.21. The molecule has 7 saturated heterocycles. The van der Waals surface area contributed by atoms with Gasteiger partial charge in [0, 0.05) is 10.8 Å². The minimum Gasteiger partial charge on any atom is -0.491 e. The van der Waals surface area contributed by atoms with E-state index in [1.165, 1.54) is 16.2 Å². The fourth-order valence-corrected chi connectivity index (χ4v) is 8.21. The van der Waals surface area contributed by atoms with Crippen molar-refractivity contribution in [1.29, 1.82) is 0 Å². The van der Waals surface area contributed by atoms with Gasteiger partial charge in [0.25, 0.3) is 0 Å². The molecule has 7 heterocycles. The summed E-state index contributed by atoms with van der Waals surface area (Å²) in [6, 6.07) is 49.0. The lowest BCUT2D eigenvalue weighted by molar-refractivity contribution is 0.261. The van der Waals surface area contributed by atoms with Crippen LogP contribution in [0.4, 0.5) is 0 Å². The van der Waals surface area contributed by atoms with E-state index in [1.807, 2.05) is 196 Å². The molecule has 506 valence electrons. The first kappa shape index (κ1) is 77.6. The van der Waals surface area contributed by atoms with Crippen molar-refractivity contribution in [2.75, 3.05) is 92.5 Å². The summed E-state index contributed by atoms with van der Waals surface area (Å²) in [5.74, 6) is 6.25. The van der Waals surface area contributed by atoms with Gasteiger partial charge >= 0.3 is 0 Å². The van der Waals surface area contributed by atoms with Crippen LogP contribution < -0.4 is 33.2 Å². The number of fused-ring (bicyclic) bond motifs is 4. The summed E-state index contributed by atoms with van der Waals surface area (Å²) < 4.78 is 76.3. The van der Waals surface area contributed by atoms with Crippen molar-refractivity contribution in [1.82, 2.24) is 0 Å². The zero-order valence-electron chi connectivity index (χ0n) is 58.5. The molecule has 92 heavy (non-hydrogen) atoms. The Kier molecular flexibility index (Phi) is 37.6. The molecular formula is C78H110O14. The van der Waals surface area contributed by atoms with Gasteiger partial charge in [-0.25, -0.2) is 0 Å². The summed E-state index contributed by atoms with van der Waals surface area (Å²) >= 11 is 0. The number of rotatable bonds is 21. The molecule has 8 aromatic carbocycles. The van der Waals surface area contributed by atoms with Crippen LogP contribution >= 0.6 is 0 Å². The summed E-state index contributed by atoms with van der Waals surface area (Å²) in [5.41, 5.74) is 1.11. The van der Waals surface area contributed by atoms with Gasteiger partial charge in [-0.1, -0.05) is 178 Å². The predicted molar refractivity (Wildman–Crippen MR) is 378 cm³/mol. The lowest BCUT2D eigenvalue weighted by atomic mass is 10.1. The molecule has 0 aliphatic carbocycles. The van der Waals surface area contributed by atoms with Gasteiger partial charge in [-0.15, -0.1) is 0 Å². The van der Waals surface area contributed by atoms with Gasteiger partial charge in [-0.2, -0.15) is 0 Å². The number of aryl methyl sites for hydroxylation is 1. The van der Waals surface area contributed by atoms with Crippen molar-refractivity contribution in [3.63, 3.8) is 0 Å². The second-order valence-corrected chi connectivity index (χ2v) is 19.8. The van der Waals surface area contributed by atoms with Gasteiger partial charge in [-0.3, -0.25) is 0 Å². The SMILES string of the molecule is CC.CC.CC.CC.CC.CC.CC.CC.Cc1cc2c(OCC3CO3)cccc2cc1OCC1CO1.c1cc(OCC2CO2)c2ccc(OCC3CO3)cc2c1.c1cc2ccc(OCC3CO3)cc2cc1OCC1CO1.c1ccc2cc(OCC3CO3)ccc2c1. The third-order valence-electron chi connectivity index (χ3n) is 13.3. The largest absolute Gasteiger partial charge is 0.491 e. The minimum atomic E-state index is 0.266. The van der Waals surface area contributed by atoms with Gasteiger partial charge in [0.2, 0.25) is 0 Å². The van der Waals surface area contributed by atoms with Crippen LogP contribution in [0.15, 0.2) is 146 Å². The molecule has 0 radical (unpaired) electrons.